The Bertz CT molecular complexity index is 498. The van der Waals surface area contributed by atoms with Crippen molar-refractivity contribution in [2.45, 2.75) is 26.3 Å². The van der Waals surface area contributed by atoms with E-state index in [9.17, 15) is 18.0 Å². The third kappa shape index (κ3) is 3.39. The number of rotatable bonds is 3. The van der Waals surface area contributed by atoms with Crippen molar-refractivity contribution in [3.05, 3.63) is 33.6 Å². The van der Waals surface area contributed by atoms with E-state index in [1.54, 1.807) is 13.8 Å². The van der Waals surface area contributed by atoms with E-state index in [-0.39, 0.29) is 6.61 Å². The fourth-order valence-electron chi connectivity index (χ4n) is 1.25. The van der Waals surface area contributed by atoms with Gasteiger partial charge in [-0.2, -0.15) is 0 Å². The Morgan fingerprint density at radius 2 is 1.79 bits per heavy atom. The van der Waals surface area contributed by atoms with Crippen LogP contribution in [0, 0.1) is 24.4 Å². The molecule has 0 radical (unpaired) electrons. The van der Waals surface area contributed by atoms with Crippen molar-refractivity contribution in [2.75, 3.05) is 6.61 Å². The van der Waals surface area contributed by atoms with Crippen LogP contribution in [0.4, 0.5) is 13.2 Å². The van der Waals surface area contributed by atoms with Gasteiger partial charge in [-0.1, -0.05) is 11.6 Å². The highest BCUT2D eigenvalue weighted by Gasteiger charge is 2.28. The van der Waals surface area contributed by atoms with Gasteiger partial charge in [0.1, 0.15) is 18.0 Å². The average Bonchev–Trinajstić information content (AvgIpc) is 2.31. The van der Waals surface area contributed by atoms with Gasteiger partial charge in [-0.05, 0) is 20.8 Å². The molecule has 7 heteroatoms. The van der Waals surface area contributed by atoms with E-state index >= 15 is 0 Å². The van der Waals surface area contributed by atoms with Gasteiger partial charge < -0.3 is 10.5 Å². The fourth-order valence-corrected chi connectivity index (χ4v) is 1.50. The van der Waals surface area contributed by atoms with E-state index in [4.69, 9.17) is 22.1 Å². The number of hydrogen-bond donors (Lipinski definition) is 1. The molecule has 0 heterocycles. The molecule has 0 aliphatic rings. The molecule has 0 bridgehead atoms. The lowest BCUT2D eigenvalue weighted by atomic mass is 10.1. The second kappa shape index (κ2) is 5.38. The number of hydrogen-bond acceptors (Lipinski definition) is 3. The first kappa shape index (κ1) is 15.8. The monoisotopic (exact) mass is 295 g/mol. The van der Waals surface area contributed by atoms with Crippen molar-refractivity contribution in [3.8, 4) is 0 Å². The molecule has 0 fully saturated rings. The number of carbonyl (C=O) groups excluding carboxylic acids is 1. The number of ether oxygens (including phenoxy) is 1. The Labute approximate surface area is 113 Å². The van der Waals surface area contributed by atoms with Gasteiger partial charge in [0.15, 0.2) is 11.6 Å². The van der Waals surface area contributed by atoms with Crippen molar-refractivity contribution in [1.29, 1.82) is 0 Å². The summed E-state index contributed by atoms with van der Waals surface area (Å²) in [5.41, 5.74) is 3.27. The number of halogens is 4. The summed E-state index contributed by atoms with van der Waals surface area (Å²) in [7, 11) is 0. The van der Waals surface area contributed by atoms with Gasteiger partial charge in [-0.15, -0.1) is 0 Å². The summed E-state index contributed by atoms with van der Waals surface area (Å²) < 4.78 is 45.0. The summed E-state index contributed by atoms with van der Waals surface area (Å²) in [6.45, 7) is 3.93. The van der Waals surface area contributed by atoms with Gasteiger partial charge in [0, 0.05) is 11.1 Å². The van der Waals surface area contributed by atoms with Crippen molar-refractivity contribution < 1.29 is 22.7 Å². The van der Waals surface area contributed by atoms with Crippen molar-refractivity contribution in [1.82, 2.24) is 0 Å². The summed E-state index contributed by atoms with van der Waals surface area (Å²) in [6, 6.07) is 0. The van der Waals surface area contributed by atoms with E-state index < -0.39 is 45.1 Å². The normalized spacial score (nSPS) is 11.6. The highest BCUT2D eigenvalue weighted by molar-refractivity contribution is 6.33. The molecular weight excluding hydrogens is 283 g/mol. The number of carbonyl (C=O) groups is 1. The van der Waals surface area contributed by atoms with Crippen LogP contribution in [0.1, 0.15) is 29.8 Å². The van der Waals surface area contributed by atoms with Crippen LogP contribution < -0.4 is 5.73 Å². The summed E-state index contributed by atoms with van der Waals surface area (Å²) in [4.78, 5) is 11.7. The van der Waals surface area contributed by atoms with Gasteiger partial charge in [0.05, 0.1) is 5.02 Å². The quantitative estimate of drug-likeness (QED) is 0.530. The molecule has 0 saturated carbocycles. The van der Waals surface area contributed by atoms with Gasteiger partial charge in [-0.25, -0.2) is 18.0 Å². The highest BCUT2D eigenvalue weighted by Crippen LogP contribution is 2.29. The van der Waals surface area contributed by atoms with E-state index in [1.807, 2.05) is 0 Å². The SMILES string of the molecule is Cc1c(F)c(F)c(Cl)c(C(=O)OCC(C)(C)N)c1F. The third-order valence-corrected chi connectivity index (χ3v) is 2.62. The first-order valence-electron chi connectivity index (χ1n) is 5.35. The Kier molecular flexibility index (Phi) is 4.47. The largest absolute Gasteiger partial charge is 0.460 e. The summed E-state index contributed by atoms with van der Waals surface area (Å²) >= 11 is 5.43. The molecule has 0 atom stereocenters. The third-order valence-electron chi connectivity index (χ3n) is 2.26. The van der Waals surface area contributed by atoms with Gasteiger partial charge in [-0.3, -0.25) is 0 Å². The highest BCUT2D eigenvalue weighted by atomic mass is 35.5. The standard InChI is InChI=1S/C12H13ClF3NO2/c1-5-8(14)6(7(13)10(16)9(5)15)11(18)19-4-12(2,3)17/h4,17H2,1-3H3. The first-order chi connectivity index (χ1) is 8.56. The Morgan fingerprint density at radius 1 is 1.26 bits per heavy atom. The summed E-state index contributed by atoms with van der Waals surface area (Å²) in [5, 5.41) is -0.944. The molecule has 1 aromatic carbocycles. The van der Waals surface area contributed by atoms with Gasteiger partial charge in [0.25, 0.3) is 0 Å². The second-order valence-electron chi connectivity index (χ2n) is 4.82. The minimum Gasteiger partial charge on any atom is -0.460 e. The molecule has 0 aromatic heterocycles. The maximum Gasteiger partial charge on any atom is 0.342 e. The number of nitrogens with two attached hydrogens (primary N) is 1. The molecule has 0 aliphatic heterocycles. The lowest BCUT2D eigenvalue weighted by molar-refractivity contribution is 0.0427. The van der Waals surface area contributed by atoms with Crippen LogP contribution in [0.15, 0.2) is 0 Å². The molecular formula is C12H13ClF3NO2. The van der Waals surface area contributed by atoms with Crippen molar-refractivity contribution >= 4 is 17.6 Å². The molecule has 3 nitrogen and oxygen atoms in total. The van der Waals surface area contributed by atoms with Crippen LogP contribution in [0.5, 0.6) is 0 Å². The zero-order valence-electron chi connectivity index (χ0n) is 10.6. The van der Waals surface area contributed by atoms with E-state index in [0.29, 0.717) is 0 Å². The van der Waals surface area contributed by atoms with E-state index in [0.717, 1.165) is 6.92 Å². The van der Waals surface area contributed by atoms with E-state index in [1.165, 1.54) is 0 Å². The Balaban J connectivity index is 3.18. The average molecular weight is 296 g/mol. The predicted molar refractivity (Wildman–Crippen MR) is 64.6 cm³/mol. The van der Waals surface area contributed by atoms with Gasteiger partial charge in [0.2, 0.25) is 0 Å². The topological polar surface area (TPSA) is 52.3 Å². The van der Waals surface area contributed by atoms with Crippen LogP contribution in [-0.2, 0) is 4.74 Å². The molecule has 0 spiro atoms. The van der Waals surface area contributed by atoms with Crippen molar-refractivity contribution in [2.24, 2.45) is 5.73 Å². The van der Waals surface area contributed by atoms with E-state index in [2.05, 4.69) is 0 Å². The maximum atomic E-state index is 13.8. The molecule has 1 rings (SSSR count). The van der Waals surface area contributed by atoms with Crippen LogP contribution in [0.25, 0.3) is 0 Å². The maximum absolute atomic E-state index is 13.8. The molecule has 0 amide bonds. The Hall–Kier alpha value is -1.27. The number of benzene rings is 1. The molecule has 106 valence electrons. The molecule has 1 aromatic rings. The summed E-state index contributed by atoms with van der Waals surface area (Å²) in [5.74, 6) is -5.36. The zero-order valence-corrected chi connectivity index (χ0v) is 11.4. The van der Waals surface area contributed by atoms with Gasteiger partial charge >= 0.3 is 5.97 Å². The zero-order chi connectivity index (χ0) is 15.0. The first-order valence-corrected chi connectivity index (χ1v) is 5.72. The molecule has 19 heavy (non-hydrogen) atoms. The molecule has 0 aliphatic carbocycles. The minimum atomic E-state index is -1.49. The number of esters is 1. The lowest BCUT2D eigenvalue weighted by Crippen LogP contribution is -2.38. The van der Waals surface area contributed by atoms with Crippen LogP contribution in [0.3, 0.4) is 0 Å². The second-order valence-corrected chi connectivity index (χ2v) is 5.20. The van der Waals surface area contributed by atoms with Crippen molar-refractivity contribution in [3.63, 3.8) is 0 Å². The van der Waals surface area contributed by atoms with Crippen LogP contribution in [0.2, 0.25) is 5.02 Å². The fraction of sp³-hybridized carbons (Fsp3) is 0.417. The minimum absolute atomic E-state index is 0.223. The van der Waals surface area contributed by atoms with Crippen LogP contribution >= 0.6 is 11.6 Å². The molecule has 2 N–H and O–H groups in total. The predicted octanol–water partition coefficient (Wildman–Crippen LogP) is 2.96. The molecule has 0 saturated heterocycles. The van der Waals surface area contributed by atoms with Crippen LogP contribution in [-0.4, -0.2) is 18.1 Å². The molecule has 0 unspecified atom stereocenters. The summed E-state index contributed by atoms with van der Waals surface area (Å²) in [6.07, 6.45) is 0. The smallest absolute Gasteiger partial charge is 0.342 e. The Morgan fingerprint density at radius 3 is 2.26 bits per heavy atom. The lowest BCUT2D eigenvalue weighted by Gasteiger charge is -2.18.